The van der Waals surface area contributed by atoms with Crippen LogP contribution in [0.5, 0.6) is 0 Å². The summed E-state index contributed by atoms with van der Waals surface area (Å²) in [6.07, 6.45) is 6.47. The Labute approximate surface area is 142 Å². The molecule has 1 saturated heterocycles. The number of hydrogen-bond acceptors (Lipinski definition) is 6. The van der Waals surface area contributed by atoms with Crippen molar-refractivity contribution >= 4 is 17.5 Å². The fourth-order valence-corrected chi connectivity index (χ4v) is 3.26. The average Bonchev–Trinajstić information content (AvgIpc) is 3.31. The molecular formula is C15H18N8O2. The lowest BCUT2D eigenvalue weighted by Crippen LogP contribution is -2.32. The summed E-state index contributed by atoms with van der Waals surface area (Å²) < 4.78 is 1.87. The third kappa shape index (κ3) is 2.97. The summed E-state index contributed by atoms with van der Waals surface area (Å²) in [5, 5.41) is 8.62. The lowest BCUT2D eigenvalue weighted by atomic mass is 10.1. The number of anilines is 1. The minimum absolute atomic E-state index is 0.000623. The van der Waals surface area contributed by atoms with Crippen molar-refractivity contribution in [3.8, 4) is 0 Å². The van der Waals surface area contributed by atoms with Gasteiger partial charge in [-0.2, -0.15) is 4.98 Å². The summed E-state index contributed by atoms with van der Waals surface area (Å²) in [7, 11) is 0. The molecule has 1 aliphatic heterocycles. The first kappa shape index (κ1) is 15.4. The number of carbonyl (C=O) groups is 1. The number of rotatable bonds is 4. The Kier molecular flexibility index (Phi) is 3.71. The van der Waals surface area contributed by atoms with E-state index in [0.717, 1.165) is 18.8 Å². The van der Waals surface area contributed by atoms with Gasteiger partial charge in [-0.1, -0.05) is 0 Å². The van der Waals surface area contributed by atoms with Gasteiger partial charge in [-0.05, 0) is 25.3 Å². The molecule has 0 aromatic carbocycles. The van der Waals surface area contributed by atoms with Crippen molar-refractivity contribution < 1.29 is 4.79 Å². The molecule has 10 heteroatoms. The molecule has 4 heterocycles. The van der Waals surface area contributed by atoms with Crippen LogP contribution < -0.4 is 15.9 Å². The number of fused-ring (bicyclic) bond motifs is 1. The zero-order valence-corrected chi connectivity index (χ0v) is 13.6. The van der Waals surface area contributed by atoms with E-state index in [1.807, 2.05) is 22.9 Å². The van der Waals surface area contributed by atoms with Crippen LogP contribution in [0.1, 0.15) is 24.0 Å². The molecule has 4 rings (SSSR count). The Morgan fingerprint density at radius 3 is 3.12 bits per heavy atom. The SMILES string of the molecule is CC1CC(CNC(=O)c2n[nH]c(=O)[nH]2)CN1c1ccn2ccnc2n1. The Bertz CT molecular complexity index is 958. The molecule has 1 amide bonds. The predicted molar refractivity (Wildman–Crippen MR) is 89.4 cm³/mol. The highest BCUT2D eigenvalue weighted by atomic mass is 16.2. The Morgan fingerprint density at radius 1 is 1.44 bits per heavy atom. The summed E-state index contributed by atoms with van der Waals surface area (Å²) in [6.45, 7) is 3.45. The van der Waals surface area contributed by atoms with Crippen LogP contribution in [0.15, 0.2) is 29.5 Å². The van der Waals surface area contributed by atoms with Crippen LogP contribution in [-0.4, -0.2) is 54.6 Å². The standard InChI is InChI=1S/C15H18N8O2/c1-9-6-10(7-17-13(24)12-19-15(25)21-20-12)8-23(9)11-2-4-22-5-3-16-14(22)18-11/h2-5,9-10H,6-8H2,1H3,(H,17,24)(H2,19,20,21,25). The van der Waals surface area contributed by atoms with E-state index in [9.17, 15) is 9.59 Å². The molecular weight excluding hydrogens is 324 g/mol. The number of aromatic amines is 2. The van der Waals surface area contributed by atoms with E-state index in [2.05, 4.69) is 42.3 Å². The Balaban J connectivity index is 1.40. The Morgan fingerprint density at radius 2 is 2.32 bits per heavy atom. The number of H-pyrrole nitrogens is 2. The molecule has 1 aliphatic rings. The summed E-state index contributed by atoms with van der Waals surface area (Å²) in [5.41, 5.74) is -0.494. The van der Waals surface area contributed by atoms with Crippen molar-refractivity contribution in [2.24, 2.45) is 5.92 Å². The maximum absolute atomic E-state index is 12.0. The highest BCUT2D eigenvalue weighted by Crippen LogP contribution is 2.27. The second-order valence-corrected chi connectivity index (χ2v) is 6.26. The van der Waals surface area contributed by atoms with Crippen molar-refractivity contribution in [3.63, 3.8) is 0 Å². The highest BCUT2D eigenvalue weighted by molar-refractivity contribution is 5.90. The molecule has 3 aromatic rings. The number of nitrogens with zero attached hydrogens (tertiary/aromatic N) is 5. The minimum Gasteiger partial charge on any atom is -0.353 e. The number of hydrogen-bond donors (Lipinski definition) is 3. The molecule has 2 unspecified atom stereocenters. The topological polar surface area (TPSA) is 124 Å². The van der Waals surface area contributed by atoms with Crippen LogP contribution in [0, 0.1) is 5.92 Å². The van der Waals surface area contributed by atoms with Gasteiger partial charge in [-0.15, -0.1) is 5.10 Å². The van der Waals surface area contributed by atoms with Crippen LogP contribution in [0.25, 0.3) is 5.78 Å². The summed E-state index contributed by atoms with van der Waals surface area (Å²) in [5.74, 6) is 1.46. The molecule has 1 fully saturated rings. The van der Waals surface area contributed by atoms with E-state index in [1.165, 1.54) is 0 Å². The zero-order chi connectivity index (χ0) is 17.4. The molecule has 0 radical (unpaired) electrons. The molecule has 130 valence electrons. The molecule has 0 bridgehead atoms. The summed E-state index contributed by atoms with van der Waals surface area (Å²) in [6, 6.07) is 2.29. The van der Waals surface area contributed by atoms with E-state index >= 15 is 0 Å². The van der Waals surface area contributed by atoms with Gasteiger partial charge in [-0.25, -0.2) is 14.9 Å². The first-order chi connectivity index (χ1) is 12.1. The highest BCUT2D eigenvalue weighted by Gasteiger charge is 2.30. The number of aromatic nitrogens is 6. The normalized spacial score (nSPS) is 20.3. The van der Waals surface area contributed by atoms with Crippen molar-refractivity contribution in [1.29, 1.82) is 0 Å². The van der Waals surface area contributed by atoms with Gasteiger partial charge in [0.05, 0.1) is 0 Å². The number of carbonyl (C=O) groups excluding carboxylic acids is 1. The average molecular weight is 342 g/mol. The molecule has 25 heavy (non-hydrogen) atoms. The first-order valence-electron chi connectivity index (χ1n) is 8.09. The minimum atomic E-state index is -0.494. The van der Waals surface area contributed by atoms with Gasteiger partial charge in [-0.3, -0.25) is 14.2 Å². The number of amides is 1. The lowest BCUT2D eigenvalue weighted by molar-refractivity contribution is 0.0938. The van der Waals surface area contributed by atoms with E-state index in [1.54, 1.807) is 6.20 Å². The number of nitrogens with one attached hydrogen (secondary N) is 3. The predicted octanol–water partition coefficient (Wildman–Crippen LogP) is -0.214. The van der Waals surface area contributed by atoms with Gasteiger partial charge in [0, 0.05) is 37.7 Å². The van der Waals surface area contributed by atoms with Crippen molar-refractivity contribution in [2.45, 2.75) is 19.4 Å². The second kappa shape index (κ2) is 6.04. The first-order valence-corrected chi connectivity index (χ1v) is 8.09. The van der Waals surface area contributed by atoms with Crippen molar-refractivity contribution in [1.82, 2.24) is 34.9 Å². The van der Waals surface area contributed by atoms with Crippen molar-refractivity contribution in [2.75, 3.05) is 18.0 Å². The largest absolute Gasteiger partial charge is 0.353 e. The lowest BCUT2D eigenvalue weighted by Gasteiger charge is -2.22. The quantitative estimate of drug-likeness (QED) is 0.602. The molecule has 2 atom stereocenters. The third-order valence-corrected chi connectivity index (χ3v) is 4.47. The summed E-state index contributed by atoms with van der Waals surface area (Å²) in [4.78, 5) is 36.3. The molecule has 0 spiro atoms. The van der Waals surface area contributed by atoms with E-state index < -0.39 is 5.69 Å². The van der Waals surface area contributed by atoms with Crippen molar-refractivity contribution in [3.05, 3.63) is 41.0 Å². The maximum Gasteiger partial charge on any atom is 0.341 e. The summed E-state index contributed by atoms with van der Waals surface area (Å²) >= 11 is 0. The smallest absolute Gasteiger partial charge is 0.341 e. The van der Waals surface area contributed by atoms with Crippen LogP contribution in [0.4, 0.5) is 5.82 Å². The maximum atomic E-state index is 12.0. The third-order valence-electron chi connectivity index (χ3n) is 4.47. The monoisotopic (exact) mass is 342 g/mol. The fraction of sp³-hybridized carbons (Fsp3) is 0.400. The molecule has 0 aliphatic carbocycles. The van der Waals surface area contributed by atoms with Crippen LogP contribution >= 0.6 is 0 Å². The van der Waals surface area contributed by atoms with Gasteiger partial charge >= 0.3 is 5.69 Å². The van der Waals surface area contributed by atoms with Crippen LogP contribution in [0.3, 0.4) is 0 Å². The molecule has 3 N–H and O–H groups in total. The second-order valence-electron chi connectivity index (χ2n) is 6.26. The Hall–Kier alpha value is -3.17. The fourth-order valence-electron chi connectivity index (χ4n) is 3.26. The van der Waals surface area contributed by atoms with Crippen LogP contribution in [-0.2, 0) is 0 Å². The number of imidazole rings is 1. The van der Waals surface area contributed by atoms with Gasteiger partial charge in [0.1, 0.15) is 5.82 Å². The molecule has 3 aromatic heterocycles. The molecule has 10 nitrogen and oxygen atoms in total. The van der Waals surface area contributed by atoms with Gasteiger partial charge < -0.3 is 10.2 Å². The van der Waals surface area contributed by atoms with E-state index in [0.29, 0.717) is 24.3 Å². The molecule has 0 saturated carbocycles. The van der Waals surface area contributed by atoms with Gasteiger partial charge in [0.25, 0.3) is 5.91 Å². The van der Waals surface area contributed by atoms with E-state index in [-0.39, 0.29) is 11.7 Å². The van der Waals surface area contributed by atoms with Gasteiger partial charge in [0.2, 0.25) is 11.6 Å². The van der Waals surface area contributed by atoms with Crippen LogP contribution in [0.2, 0.25) is 0 Å². The zero-order valence-electron chi connectivity index (χ0n) is 13.6. The van der Waals surface area contributed by atoms with E-state index in [4.69, 9.17) is 0 Å². The van der Waals surface area contributed by atoms with Gasteiger partial charge in [0.15, 0.2) is 0 Å².